The zero-order valence-electron chi connectivity index (χ0n) is 12.0. The monoisotopic (exact) mass is 282 g/mol. The first-order chi connectivity index (χ1) is 9.40. The molecule has 6 nitrogen and oxygen atoms in total. The minimum Gasteiger partial charge on any atom is -0.481 e. The van der Waals surface area contributed by atoms with Crippen LogP contribution in [0.5, 0.6) is 0 Å². The van der Waals surface area contributed by atoms with Crippen LogP contribution in [0, 0.1) is 17.8 Å². The van der Waals surface area contributed by atoms with Crippen LogP contribution in [0.1, 0.15) is 26.7 Å². The standard InChI is InChI=1S/C14H22N2O4/c1-9-7-16(8-12(9)14(19)20)13(18)11-3-5-15(6-4-11)10(2)17/h9,11-12H,3-8H2,1-2H3,(H,19,20). The first-order valence-electron chi connectivity index (χ1n) is 7.17. The second-order valence-electron chi connectivity index (χ2n) is 5.95. The molecule has 0 spiro atoms. The number of amides is 2. The molecule has 2 amide bonds. The lowest BCUT2D eigenvalue weighted by Crippen LogP contribution is -2.43. The van der Waals surface area contributed by atoms with E-state index in [2.05, 4.69) is 0 Å². The molecule has 2 aliphatic heterocycles. The van der Waals surface area contributed by atoms with Crippen LogP contribution in [0.15, 0.2) is 0 Å². The fourth-order valence-corrected chi connectivity index (χ4v) is 3.17. The summed E-state index contributed by atoms with van der Waals surface area (Å²) in [5.41, 5.74) is 0. The fraction of sp³-hybridized carbons (Fsp3) is 0.786. The van der Waals surface area contributed by atoms with Gasteiger partial charge in [-0.3, -0.25) is 14.4 Å². The summed E-state index contributed by atoms with van der Waals surface area (Å²) in [6, 6.07) is 0. The van der Waals surface area contributed by atoms with E-state index in [9.17, 15) is 14.4 Å². The van der Waals surface area contributed by atoms with Crippen LogP contribution in [0.25, 0.3) is 0 Å². The minimum atomic E-state index is -0.820. The average molecular weight is 282 g/mol. The molecule has 0 aromatic heterocycles. The van der Waals surface area contributed by atoms with Crippen molar-refractivity contribution in [3.8, 4) is 0 Å². The molecule has 2 heterocycles. The Morgan fingerprint density at radius 3 is 2.10 bits per heavy atom. The molecule has 112 valence electrons. The molecule has 0 aliphatic carbocycles. The molecule has 2 saturated heterocycles. The van der Waals surface area contributed by atoms with Crippen molar-refractivity contribution in [2.45, 2.75) is 26.7 Å². The molecule has 2 aliphatic rings. The number of hydrogen-bond donors (Lipinski definition) is 1. The second kappa shape index (κ2) is 5.81. The van der Waals surface area contributed by atoms with Gasteiger partial charge in [-0.15, -0.1) is 0 Å². The Kier molecular flexibility index (Phi) is 4.30. The van der Waals surface area contributed by atoms with Gasteiger partial charge in [0.05, 0.1) is 5.92 Å². The van der Waals surface area contributed by atoms with Crippen LogP contribution in [-0.4, -0.2) is 58.9 Å². The van der Waals surface area contributed by atoms with Crippen molar-refractivity contribution >= 4 is 17.8 Å². The molecule has 0 aromatic carbocycles. The lowest BCUT2D eigenvalue weighted by Gasteiger charge is -2.32. The number of hydrogen-bond acceptors (Lipinski definition) is 3. The smallest absolute Gasteiger partial charge is 0.308 e. The second-order valence-corrected chi connectivity index (χ2v) is 5.95. The van der Waals surface area contributed by atoms with Crippen molar-refractivity contribution in [3.05, 3.63) is 0 Å². The van der Waals surface area contributed by atoms with Gasteiger partial charge in [-0.05, 0) is 18.8 Å². The quantitative estimate of drug-likeness (QED) is 0.796. The van der Waals surface area contributed by atoms with Crippen molar-refractivity contribution in [2.24, 2.45) is 17.8 Å². The van der Waals surface area contributed by atoms with Crippen LogP contribution in [0.2, 0.25) is 0 Å². The van der Waals surface area contributed by atoms with Crippen molar-refractivity contribution in [1.82, 2.24) is 9.80 Å². The van der Waals surface area contributed by atoms with E-state index in [4.69, 9.17) is 5.11 Å². The lowest BCUT2D eigenvalue weighted by molar-refractivity contribution is -0.143. The van der Waals surface area contributed by atoms with Crippen LogP contribution in [0.4, 0.5) is 0 Å². The van der Waals surface area contributed by atoms with Crippen molar-refractivity contribution < 1.29 is 19.5 Å². The third kappa shape index (κ3) is 2.94. The number of carboxylic acids is 1. The van der Waals surface area contributed by atoms with Crippen LogP contribution < -0.4 is 0 Å². The van der Waals surface area contributed by atoms with E-state index < -0.39 is 11.9 Å². The van der Waals surface area contributed by atoms with Gasteiger partial charge in [-0.1, -0.05) is 6.92 Å². The van der Waals surface area contributed by atoms with Gasteiger partial charge >= 0.3 is 5.97 Å². The van der Waals surface area contributed by atoms with Gasteiger partial charge in [0.2, 0.25) is 11.8 Å². The maximum absolute atomic E-state index is 12.4. The Balaban J connectivity index is 1.90. The average Bonchev–Trinajstić information content (AvgIpc) is 2.80. The third-order valence-electron chi connectivity index (χ3n) is 4.53. The molecule has 0 bridgehead atoms. The maximum atomic E-state index is 12.4. The molecule has 2 fully saturated rings. The number of nitrogens with zero attached hydrogens (tertiary/aromatic N) is 2. The van der Waals surface area contributed by atoms with Gasteiger partial charge in [0.1, 0.15) is 0 Å². The number of likely N-dealkylation sites (tertiary alicyclic amines) is 2. The minimum absolute atomic E-state index is 0.00811. The number of carbonyl (C=O) groups excluding carboxylic acids is 2. The van der Waals surface area contributed by atoms with Crippen molar-refractivity contribution in [3.63, 3.8) is 0 Å². The normalized spacial score (nSPS) is 27.7. The Morgan fingerprint density at radius 1 is 1.05 bits per heavy atom. The van der Waals surface area contributed by atoms with Crippen molar-refractivity contribution in [1.29, 1.82) is 0 Å². The van der Waals surface area contributed by atoms with Gasteiger partial charge in [0.15, 0.2) is 0 Å². The van der Waals surface area contributed by atoms with E-state index in [1.165, 1.54) is 0 Å². The van der Waals surface area contributed by atoms with E-state index >= 15 is 0 Å². The molecule has 2 rings (SSSR count). The highest BCUT2D eigenvalue weighted by atomic mass is 16.4. The fourth-order valence-electron chi connectivity index (χ4n) is 3.17. The summed E-state index contributed by atoms with van der Waals surface area (Å²) >= 11 is 0. The maximum Gasteiger partial charge on any atom is 0.308 e. The highest BCUT2D eigenvalue weighted by molar-refractivity contribution is 5.81. The molecule has 6 heteroatoms. The molecule has 1 N–H and O–H groups in total. The van der Waals surface area contributed by atoms with Gasteiger partial charge < -0.3 is 14.9 Å². The summed E-state index contributed by atoms with van der Waals surface area (Å²) in [6.45, 7) is 5.52. The molecule has 0 radical (unpaired) electrons. The lowest BCUT2D eigenvalue weighted by atomic mass is 9.95. The number of rotatable bonds is 2. The SMILES string of the molecule is CC(=O)N1CCC(C(=O)N2CC(C)C(C(=O)O)C2)CC1. The summed E-state index contributed by atoms with van der Waals surface area (Å²) in [6.07, 6.45) is 1.36. The van der Waals surface area contributed by atoms with E-state index in [0.717, 1.165) is 0 Å². The Bertz CT molecular complexity index is 415. The summed E-state index contributed by atoms with van der Waals surface area (Å²) in [7, 11) is 0. The van der Waals surface area contributed by atoms with Gasteiger partial charge in [0.25, 0.3) is 0 Å². The summed E-state index contributed by atoms with van der Waals surface area (Å²) in [4.78, 5) is 38.2. The Morgan fingerprint density at radius 2 is 1.65 bits per heavy atom. The Hall–Kier alpha value is -1.59. The van der Waals surface area contributed by atoms with Gasteiger partial charge in [-0.2, -0.15) is 0 Å². The van der Waals surface area contributed by atoms with Crippen LogP contribution >= 0.6 is 0 Å². The zero-order valence-corrected chi connectivity index (χ0v) is 12.0. The van der Waals surface area contributed by atoms with E-state index in [1.54, 1.807) is 16.7 Å². The molecule has 20 heavy (non-hydrogen) atoms. The third-order valence-corrected chi connectivity index (χ3v) is 4.53. The molecular weight excluding hydrogens is 260 g/mol. The molecule has 2 unspecified atom stereocenters. The largest absolute Gasteiger partial charge is 0.481 e. The highest BCUT2D eigenvalue weighted by Gasteiger charge is 2.39. The van der Waals surface area contributed by atoms with E-state index in [0.29, 0.717) is 39.0 Å². The summed E-state index contributed by atoms with van der Waals surface area (Å²) in [5.74, 6) is -1.21. The van der Waals surface area contributed by atoms with Gasteiger partial charge in [-0.25, -0.2) is 0 Å². The number of piperidine rings is 1. The van der Waals surface area contributed by atoms with Crippen molar-refractivity contribution in [2.75, 3.05) is 26.2 Å². The number of carboxylic acid groups (broad SMARTS) is 1. The van der Waals surface area contributed by atoms with Crippen LogP contribution in [-0.2, 0) is 14.4 Å². The first kappa shape index (κ1) is 14.8. The predicted octanol–water partition coefficient (Wildman–Crippen LogP) is 0.424. The van der Waals surface area contributed by atoms with E-state index in [1.807, 2.05) is 6.92 Å². The summed E-state index contributed by atoms with van der Waals surface area (Å²) < 4.78 is 0. The highest BCUT2D eigenvalue weighted by Crippen LogP contribution is 2.27. The molecule has 2 atom stereocenters. The number of aliphatic carboxylic acids is 1. The Labute approximate surface area is 118 Å². The molecule has 0 aromatic rings. The van der Waals surface area contributed by atoms with Gasteiger partial charge in [0, 0.05) is 39.0 Å². The summed E-state index contributed by atoms with van der Waals surface area (Å²) in [5, 5.41) is 9.11. The topological polar surface area (TPSA) is 77.9 Å². The molecule has 0 saturated carbocycles. The predicted molar refractivity (Wildman–Crippen MR) is 71.8 cm³/mol. The first-order valence-corrected chi connectivity index (χ1v) is 7.17. The molecular formula is C14H22N2O4. The van der Waals surface area contributed by atoms with Crippen LogP contribution in [0.3, 0.4) is 0 Å². The number of carbonyl (C=O) groups is 3. The zero-order chi connectivity index (χ0) is 14.9. The van der Waals surface area contributed by atoms with E-state index in [-0.39, 0.29) is 23.7 Å².